The minimum absolute atomic E-state index is 0.00481. The topological polar surface area (TPSA) is 101 Å². The maximum atomic E-state index is 12.7. The van der Waals surface area contributed by atoms with Crippen LogP contribution >= 0.6 is 22.7 Å². The second-order valence-electron chi connectivity index (χ2n) is 8.00. The van der Waals surface area contributed by atoms with E-state index in [1.54, 1.807) is 29.8 Å². The Kier molecular flexibility index (Phi) is 7.21. The highest BCUT2D eigenvalue weighted by molar-refractivity contribution is 7.23. The van der Waals surface area contributed by atoms with Gasteiger partial charge in [0, 0.05) is 61.6 Å². The molecule has 10 heteroatoms. The molecule has 4 heterocycles. The van der Waals surface area contributed by atoms with E-state index in [0.717, 1.165) is 63.0 Å². The Morgan fingerprint density at radius 2 is 2.06 bits per heavy atom. The lowest BCUT2D eigenvalue weighted by Gasteiger charge is -2.13. The van der Waals surface area contributed by atoms with E-state index in [-0.39, 0.29) is 5.91 Å². The van der Waals surface area contributed by atoms with Crippen molar-refractivity contribution in [3.63, 3.8) is 0 Å². The summed E-state index contributed by atoms with van der Waals surface area (Å²) >= 11 is 3.32. The number of rotatable bonds is 9. The molecule has 8 nitrogen and oxygen atoms in total. The quantitative estimate of drug-likeness (QED) is 0.305. The summed E-state index contributed by atoms with van der Waals surface area (Å²) in [5, 5.41) is 11.7. The Morgan fingerprint density at radius 3 is 2.91 bits per heavy atom. The average molecular weight is 495 g/mol. The SMILES string of the molecule is COCCNCCC(=O)Nc1sc2c(c1-c1nc3cc(-c4cncnc4)ccc3s1)CCNC2. The minimum atomic E-state index is 0.00481. The fourth-order valence-corrected chi connectivity index (χ4v) is 6.33. The molecule has 0 saturated heterocycles. The van der Waals surface area contributed by atoms with Crippen LogP contribution in [0.1, 0.15) is 16.9 Å². The van der Waals surface area contributed by atoms with E-state index in [0.29, 0.717) is 19.6 Å². The summed E-state index contributed by atoms with van der Waals surface area (Å²) in [7, 11) is 1.67. The van der Waals surface area contributed by atoms with Gasteiger partial charge in [0.25, 0.3) is 0 Å². The maximum absolute atomic E-state index is 12.7. The number of carbonyl (C=O) groups is 1. The number of thiophene rings is 1. The fraction of sp³-hybridized carbons (Fsp3) is 0.333. The number of methoxy groups -OCH3 is 1. The van der Waals surface area contributed by atoms with Crippen molar-refractivity contribution in [2.24, 2.45) is 0 Å². The van der Waals surface area contributed by atoms with Gasteiger partial charge in [-0.3, -0.25) is 4.79 Å². The normalized spacial score (nSPS) is 13.2. The van der Waals surface area contributed by atoms with Gasteiger partial charge in [0.05, 0.1) is 16.8 Å². The number of ether oxygens (including phenoxy) is 1. The molecule has 1 aliphatic rings. The molecule has 0 saturated carbocycles. The van der Waals surface area contributed by atoms with Crippen molar-refractivity contribution in [2.75, 3.05) is 38.7 Å². The van der Waals surface area contributed by atoms with Crippen molar-refractivity contribution in [1.82, 2.24) is 25.6 Å². The van der Waals surface area contributed by atoms with E-state index in [1.807, 2.05) is 12.4 Å². The molecule has 0 atom stereocenters. The van der Waals surface area contributed by atoms with E-state index in [2.05, 4.69) is 44.1 Å². The number of aromatic nitrogens is 3. The van der Waals surface area contributed by atoms with Crippen LogP contribution in [0, 0.1) is 0 Å². The first-order valence-corrected chi connectivity index (χ1v) is 12.9. The molecule has 1 aromatic carbocycles. The van der Waals surface area contributed by atoms with Gasteiger partial charge in [-0.2, -0.15) is 0 Å². The van der Waals surface area contributed by atoms with Crippen molar-refractivity contribution in [1.29, 1.82) is 0 Å². The Morgan fingerprint density at radius 1 is 1.18 bits per heavy atom. The van der Waals surface area contributed by atoms with Crippen LogP contribution in [0.4, 0.5) is 5.00 Å². The smallest absolute Gasteiger partial charge is 0.226 e. The van der Waals surface area contributed by atoms with Crippen LogP contribution in [0.3, 0.4) is 0 Å². The molecule has 3 aromatic heterocycles. The molecule has 3 N–H and O–H groups in total. The van der Waals surface area contributed by atoms with E-state index in [9.17, 15) is 4.79 Å². The van der Waals surface area contributed by atoms with Gasteiger partial charge in [-0.15, -0.1) is 22.7 Å². The van der Waals surface area contributed by atoms with Crippen LogP contribution in [0.25, 0.3) is 31.9 Å². The van der Waals surface area contributed by atoms with Crippen molar-refractivity contribution >= 4 is 43.8 Å². The third kappa shape index (κ3) is 5.01. The standard InChI is InChI=1S/C24H26N6O2S2/c1-32-9-8-25-7-5-21(31)30-24-22(17-4-6-26-13-20(17)34-24)23-29-18-10-15(2-3-19(18)33-23)16-11-27-14-28-12-16/h2-3,10-12,14,25-26H,4-9,13H2,1H3,(H,30,31). The molecule has 176 valence electrons. The Hall–Kier alpha value is -2.76. The largest absolute Gasteiger partial charge is 0.383 e. The summed E-state index contributed by atoms with van der Waals surface area (Å²) in [4.78, 5) is 27.2. The lowest BCUT2D eigenvalue weighted by Crippen LogP contribution is -2.24. The van der Waals surface area contributed by atoms with Gasteiger partial charge < -0.3 is 20.7 Å². The highest BCUT2D eigenvalue weighted by Gasteiger charge is 2.25. The second kappa shape index (κ2) is 10.7. The molecule has 1 aliphatic heterocycles. The molecule has 0 bridgehead atoms. The average Bonchev–Trinajstić information content (AvgIpc) is 3.44. The molecule has 1 amide bonds. The molecule has 5 rings (SSSR count). The Labute approximate surface area is 205 Å². The second-order valence-corrected chi connectivity index (χ2v) is 10.1. The van der Waals surface area contributed by atoms with Crippen molar-refractivity contribution < 1.29 is 9.53 Å². The van der Waals surface area contributed by atoms with Crippen LogP contribution in [0.15, 0.2) is 36.9 Å². The zero-order valence-corrected chi connectivity index (χ0v) is 20.5. The number of nitrogens with zero attached hydrogens (tertiary/aromatic N) is 3. The third-order valence-corrected chi connectivity index (χ3v) is 7.89. The molecular formula is C24H26N6O2S2. The van der Waals surface area contributed by atoms with Gasteiger partial charge in [0.15, 0.2) is 0 Å². The van der Waals surface area contributed by atoms with Crippen LogP contribution in [0.2, 0.25) is 0 Å². The van der Waals surface area contributed by atoms with Gasteiger partial charge in [-0.05, 0) is 36.2 Å². The summed E-state index contributed by atoms with van der Waals surface area (Å²) in [5.74, 6) is 0.00481. The third-order valence-electron chi connectivity index (χ3n) is 5.69. The first kappa shape index (κ1) is 23.0. The maximum Gasteiger partial charge on any atom is 0.226 e. The fourth-order valence-electron chi connectivity index (χ4n) is 4.00. The molecule has 0 unspecified atom stereocenters. The van der Waals surface area contributed by atoms with Gasteiger partial charge in [0.1, 0.15) is 16.3 Å². The predicted octanol–water partition coefficient (Wildman–Crippen LogP) is 3.69. The minimum Gasteiger partial charge on any atom is -0.383 e. The van der Waals surface area contributed by atoms with Gasteiger partial charge in [-0.25, -0.2) is 15.0 Å². The number of amides is 1. The van der Waals surface area contributed by atoms with Crippen molar-refractivity contribution in [3.8, 4) is 21.7 Å². The number of hydrogen-bond donors (Lipinski definition) is 3. The number of anilines is 1. The Bertz CT molecular complexity index is 1290. The van der Waals surface area contributed by atoms with E-state index >= 15 is 0 Å². The zero-order valence-electron chi connectivity index (χ0n) is 18.9. The monoisotopic (exact) mass is 494 g/mol. The highest BCUT2D eigenvalue weighted by Crippen LogP contribution is 2.45. The van der Waals surface area contributed by atoms with Crippen LogP contribution in [-0.2, 0) is 22.5 Å². The number of carbonyl (C=O) groups excluding carboxylic acids is 1. The summed E-state index contributed by atoms with van der Waals surface area (Å²) in [6.45, 7) is 3.73. The molecule has 0 aliphatic carbocycles. The van der Waals surface area contributed by atoms with Crippen molar-refractivity contribution in [2.45, 2.75) is 19.4 Å². The predicted molar refractivity (Wildman–Crippen MR) is 137 cm³/mol. The van der Waals surface area contributed by atoms with Crippen LogP contribution < -0.4 is 16.0 Å². The van der Waals surface area contributed by atoms with Crippen LogP contribution in [-0.4, -0.2) is 54.2 Å². The molecule has 0 radical (unpaired) electrons. The summed E-state index contributed by atoms with van der Waals surface area (Å²) < 4.78 is 6.15. The van der Waals surface area contributed by atoms with Crippen LogP contribution in [0.5, 0.6) is 0 Å². The summed E-state index contributed by atoms with van der Waals surface area (Å²) in [6.07, 6.45) is 6.48. The summed E-state index contributed by atoms with van der Waals surface area (Å²) in [6, 6.07) is 6.26. The molecule has 0 spiro atoms. The first-order chi connectivity index (χ1) is 16.7. The Balaban J connectivity index is 1.43. The van der Waals surface area contributed by atoms with E-state index < -0.39 is 0 Å². The van der Waals surface area contributed by atoms with E-state index in [1.165, 1.54) is 16.8 Å². The van der Waals surface area contributed by atoms with E-state index in [4.69, 9.17) is 9.72 Å². The molecule has 4 aromatic rings. The summed E-state index contributed by atoms with van der Waals surface area (Å²) in [5.41, 5.74) is 5.32. The van der Waals surface area contributed by atoms with Gasteiger partial charge in [-0.1, -0.05) is 6.07 Å². The number of benzene rings is 1. The lowest BCUT2D eigenvalue weighted by molar-refractivity contribution is -0.116. The van der Waals surface area contributed by atoms with Gasteiger partial charge in [0.2, 0.25) is 5.91 Å². The molecule has 0 fully saturated rings. The molecule has 34 heavy (non-hydrogen) atoms. The molecular weight excluding hydrogens is 468 g/mol. The lowest BCUT2D eigenvalue weighted by atomic mass is 10.0. The van der Waals surface area contributed by atoms with Crippen molar-refractivity contribution in [3.05, 3.63) is 47.4 Å². The number of thiazole rings is 1. The van der Waals surface area contributed by atoms with Gasteiger partial charge >= 0.3 is 0 Å². The first-order valence-electron chi connectivity index (χ1n) is 11.2. The number of fused-ring (bicyclic) bond motifs is 2. The number of nitrogens with one attached hydrogen (secondary N) is 3. The highest BCUT2D eigenvalue weighted by atomic mass is 32.1. The zero-order chi connectivity index (χ0) is 23.3. The number of hydrogen-bond acceptors (Lipinski definition) is 9.